The molecule has 0 bridgehead atoms. The number of hydrogen-bond donors (Lipinski definition) is 2. The predicted octanol–water partition coefficient (Wildman–Crippen LogP) is 0.323. The van der Waals surface area contributed by atoms with Crippen LogP contribution in [0.25, 0.3) is 0 Å². The minimum Gasteiger partial charge on any atom is -0.480 e. The van der Waals surface area contributed by atoms with Crippen molar-refractivity contribution in [3.63, 3.8) is 0 Å². The van der Waals surface area contributed by atoms with E-state index in [-0.39, 0.29) is 25.5 Å². The van der Waals surface area contributed by atoms with Gasteiger partial charge in [0.1, 0.15) is 0 Å². The largest absolute Gasteiger partial charge is 0.480 e. The molecule has 1 aromatic rings. The first kappa shape index (κ1) is 14.7. The highest BCUT2D eigenvalue weighted by molar-refractivity contribution is 5.79. The van der Waals surface area contributed by atoms with Crippen LogP contribution in [0.2, 0.25) is 0 Å². The van der Waals surface area contributed by atoms with Gasteiger partial charge in [-0.1, -0.05) is 36.3 Å². The zero-order valence-corrected chi connectivity index (χ0v) is 10.5. The second kappa shape index (κ2) is 7.90. The van der Waals surface area contributed by atoms with Crippen LogP contribution in [0.1, 0.15) is 5.56 Å². The number of aliphatic carboxylic acids is 1. The molecule has 0 spiro atoms. The lowest BCUT2D eigenvalue weighted by atomic mass is 10.2. The van der Waals surface area contributed by atoms with E-state index < -0.39 is 5.97 Å². The van der Waals surface area contributed by atoms with E-state index >= 15 is 0 Å². The highest BCUT2D eigenvalue weighted by Gasteiger charge is 2.12. The molecule has 0 saturated carbocycles. The average molecular weight is 260 g/mol. The molecule has 0 fully saturated rings. The first-order valence-electron chi connectivity index (χ1n) is 5.80. The summed E-state index contributed by atoms with van der Waals surface area (Å²) >= 11 is 0. The Bertz CT molecular complexity index is 465. The zero-order valence-electron chi connectivity index (χ0n) is 10.5. The van der Waals surface area contributed by atoms with E-state index in [0.29, 0.717) is 6.54 Å². The normalized spacial score (nSPS) is 9.89. The van der Waals surface area contributed by atoms with Crippen molar-refractivity contribution in [3.05, 3.63) is 35.9 Å². The molecule has 0 saturated heterocycles. The number of rotatable bonds is 7. The SMILES string of the molecule is C#CCN(CC(=O)O)CC(=O)NCc1ccccc1. The number of benzene rings is 1. The molecular formula is C14H16N2O3. The molecule has 0 aliphatic heterocycles. The Kier molecular flexibility index (Phi) is 6.13. The van der Waals surface area contributed by atoms with Crippen LogP contribution in [0.3, 0.4) is 0 Å². The van der Waals surface area contributed by atoms with Crippen LogP contribution in [0.5, 0.6) is 0 Å². The molecule has 0 unspecified atom stereocenters. The Morgan fingerprint density at radius 1 is 1.26 bits per heavy atom. The molecular weight excluding hydrogens is 244 g/mol. The molecule has 0 aromatic heterocycles. The summed E-state index contributed by atoms with van der Waals surface area (Å²) in [6.07, 6.45) is 5.13. The van der Waals surface area contributed by atoms with Gasteiger partial charge in [0.05, 0.1) is 19.6 Å². The van der Waals surface area contributed by atoms with Crippen LogP contribution in [0, 0.1) is 12.3 Å². The quantitative estimate of drug-likeness (QED) is 0.693. The van der Waals surface area contributed by atoms with Gasteiger partial charge in [-0.2, -0.15) is 0 Å². The number of amides is 1. The lowest BCUT2D eigenvalue weighted by Crippen LogP contribution is -2.39. The smallest absolute Gasteiger partial charge is 0.317 e. The van der Waals surface area contributed by atoms with Crippen molar-refractivity contribution in [2.75, 3.05) is 19.6 Å². The molecule has 19 heavy (non-hydrogen) atoms. The number of carboxylic acids is 1. The maximum absolute atomic E-state index is 11.7. The summed E-state index contributed by atoms with van der Waals surface area (Å²) in [5.74, 6) is 1.08. The van der Waals surface area contributed by atoms with Gasteiger partial charge in [-0.3, -0.25) is 14.5 Å². The summed E-state index contributed by atoms with van der Waals surface area (Å²) < 4.78 is 0. The summed E-state index contributed by atoms with van der Waals surface area (Å²) in [6, 6.07) is 9.47. The third kappa shape index (κ3) is 6.24. The molecule has 0 radical (unpaired) electrons. The van der Waals surface area contributed by atoms with E-state index in [0.717, 1.165) is 5.56 Å². The lowest BCUT2D eigenvalue weighted by Gasteiger charge is -2.16. The van der Waals surface area contributed by atoms with E-state index in [1.165, 1.54) is 4.90 Å². The fourth-order valence-electron chi connectivity index (χ4n) is 1.54. The first-order valence-corrected chi connectivity index (χ1v) is 5.80. The van der Waals surface area contributed by atoms with Gasteiger partial charge in [-0.25, -0.2) is 0 Å². The second-order valence-corrected chi connectivity index (χ2v) is 4.01. The van der Waals surface area contributed by atoms with E-state index in [2.05, 4.69) is 11.2 Å². The Hall–Kier alpha value is -2.32. The highest BCUT2D eigenvalue weighted by Crippen LogP contribution is 1.97. The van der Waals surface area contributed by atoms with Crippen LogP contribution in [-0.4, -0.2) is 41.5 Å². The monoisotopic (exact) mass is 260 g/mol. The standard InChI is InChI=1S/C14H16N2O3/c1-2-8-16(11-14(18)19)10-13(17)15-9-12-6-4-3-5-7-12/h1,3-7H,8-11H2,(H,15,17)(H,18,19). The van der Waals surface area contributed by atoms with Crippen molar-refractivity contribution >= 4 is 11.9 Å². The van der Waals surface area contributed by atoms with Gasteiger partial charge in [-0.05, 0) is 5.56 Å². The van der Waals surface area contributed by atoms with Gasteiger partial charge in [0.25, 0.3) is 0 Å². The third-order valence-electron chi connectivity index (χ3n) is 2.37. The first-order chi connectivity index (χ1) is 9.11. The summed E-state index contributed by atoms with van der Waals surface area (Å²) in [4.78, 5) is 23.7. The van der Waals surface area contributed by atoms with Crippen LogP contribution >= 0.6 is 0 Å². The number of nitrogens with zero attached hydrogens (tertiary/aromatic N) is 1. The summed E-state index contributed by atoms with van der Waals surface area (Å²) in [6.45, 7) is 0.272. The second-order valence-electron chi connectivity index (χ2n) is 4.01. The summed E-state index contributed by atoms with van der Waals surface area (Å²) in [5, 5.41) is 11.4. The summed E-state index contributed by atoms with van der Waals surface area (Å²) in [5.41, 5.74) is 0.984. The van der Waals surface area contributed by atoms with E-state index in [1.54, 1.807) is 0 Å². The van der Waals surface area contributed by atoms with Crippen molar-refractivity contribution in [3.8, 4) is 12.3 Å². The van der Waals surface area contributed by atoms with Crippen molar-refractivity contribution < 1.29 is 14.7 Å². The molecule has 1 aromatic carbocycles. The van der Waals surface area contributed by atoms with Gasteiger partial charge < -0.3 is 10.4 Å². The Balaban J connectivity index is 2.40. The predicted molar refractivity (Wildman–Crippen MR) is 71.2 cm³/mol. The van der Waals surface area contributed by atoms with Crippen LogP contribution in [0.15, 0.2) is 30.3 Å². The number of hydrogen-bond acceptors (Lipinski definition) is 3. The van der Waals surface area contributed by atoms with E-state index in [1.807, 2.05) is 30.3 Å². The zero-order chi connectivity index (χ0) is 14.1. The molecule has 2 N–H and O–H groups in total. The van der Waals surface area contributed by atoms with E-state index in [9.17, 15) is 9.59 Å². The minimum atomic E-state index is -1.01. The molecule has 100 valence electrons. The molecule has 0 atom stereocenters. The molecule has 1 amide bonds. The number of carboxylic acid groups (broad SMARTS) is 1. The Labute approximate surface area is 112 Å². The van der Waals surface area contributed by atoms with Crippen LogP contribution in [0.4, 0.5) is 0 Å². The lowest BCUT2D eigenvalue weighted by molar-refractivity contribution is -0.138. The third-order valence-corrected chi connectivity index (χ3v) is 2.37. The number of carbonyl (C=O) groups is 2. The topological polar surface area (TPSA) is 69.6 Å². The van der Waals surface area contributed by atoms with Crippen molar-refractivity contribution in [1.29, 1.82) is 0 Å². The molecule has 5 heteroatoms. The average Bonchev–Trinajstić information content (AvgIpc) is 2.37. The maximum Gasteiger partial charge on any atom is 0.317 e. The fourth-order valence-corrected chi connectivity index (χ4v) is 1.54. The minimum absolute atomic E-state index is 0.0245. The highest BCUT2D eigenvalue weighted by atomic mass is 16.4. The maximum atomic E-state index is 11.7. The van der Waals surface area contributed by atoms with Gasteiger partial charge in [0, 0.05) is 6.54 Å². The van der Waals surface area contributed by atoms with Gasteiger partial charge in [0.2, 0.25) is 5.91 Å². The van der Waals surface area contributed by atoms with Crippen molar-refractivity contribution in [2.24, 2.45) is 0 Å². The molecule has 1 rings (SSSR count). The fraction of sp³-hybridized carbons (Fsp3) is 0.286. The van der Waals surface area contributed by atoms with E-state index in [4.69, 9.17) is 11.5 Å². The van der Waals surface area contributed by atoms with Gasteiger partial charge >= 0.3 is 5.97 Å². The van der Waals surface area contributed by atoms with Crippen LogP contribution < -0.4 is 5.32 Å². The van der Waals surface area contributed by atoms with Crippen molar-refractivity contribution in [1.82, 2.24) is 10.2 Å². The van der Waals surface area contributed by atoms with Gasteiger partial charge in [-0.15, -0.1) is 6.42 Å². The Morgan fingerprint density at radius 3 is 2.53 bits per heavy atom. The molecule has 0 heterocycles. The number of terminal acetylenes is 1. The number of carbonyl (C=O) groups excluding carboxylic acids is 1. The molecule has 5 nitrogen and oxygen atoms in total. The molecule has 0 aliphatic carbocycles. The number of nitrogens with one attached hydrogen (secondary N) is 1. The van der Waals surface area contributed by atoms with Gasteiger partial charge in [0.15, 0.2) is 0 Å². The van der Waals surface area contributed by atoms with Crippen molar-refractivity contribution in [2.45, 2.75) is 6.54 Å². The molecule has 0 aliphatic rings. The Morgan fingerprint density at radius 2 is 1.95 bits per heavy atom. The summed E-state index contributed by atoms with van der Waals surface area (Å²) in [7, 11) is 0. The van der Waals surface area contributed by atoms with Crippen LogP contribution in [-0.2, 0) is 16.1 Å².